The third-order valence-corrected chi connectivity index (χ3v) is 3.06. The largest absolute Gasteiger partial charge is 0.280 e. The van der Waals surface area contributed by atoms with Crippen molar-refractivity contribution in [1.82, 2.24) is 9.78 Å². The summed E-state index contributed by atoms with van der Waals surface area (Å²) < 4.78 is 65.9. The Hall–Kier alpha value is -1.44. The van der Waals surface area contributed by atoms with E-state index in [-0.39, 0.29) is 17.0 Å². The van der Waals surface area contributed by atoms with Crippen LogP contribution in [0.15, 0.2) is 18.3 Å². The molecule has 0 bridgehead atoms. The second kappa shape index (κ2) is 5.28. The molecule has 1 heterocycles. The zero-order valence-electron chi connectivity index (χ0n) is 9.18. The van der Waals surface area contributed by atoms with E-state index in [2.05, 4.69) is 21.0 Å². The maximum atomic E-state index is 13.5. The molecule has 0 saturated carbocycles. The van der Waals surface area contributed by atoms with Crippen LogP contribution in [0, 0.1) is 17.5 Å². The van der Waals surface area contributed by atoms with Crippen molar-refractivity contribution < 1.29 is 22.0 Å². The molecule has 0 saturated heterocycles. The summed E-state index contributed by atoms with van der Waals surface area (Å²) in [5, 5.41) is 3.67. The second-order valence-corrected chi connectivity index (χ2v) is 4.18. The second-order valence-electron chi connectivity index (χ2n) is 3.62. The molecule has 0 fully saturated rings. The Morgan fingerprint density at radius 2 is 1.74 bits per heavy atom. The zero-order chi connectivity index (χ0) is 14.2. The lowest BCUT2D eigenvalue weighted by atomic mass is 10.2. The van der Waals surface area contributed by atoms with Crippen molar-refractivity contribution in [2.75, 3.05) is 0 Å². The van der Waals surface area contributed by atoms with E-state index in [1.165, 1.54) is 0 Å². The molecule has 0 N–H and O–H groups in total. The SMILES string of the molecule is Fc1cc(F)c(-n2ncc(CBr)c2C(F)F)cc1F. The van der Waals surface area contributed by atoms with Crippen LogP contribution in [0.4, 0.5) is 22.0 Å². The molecule has 2 aromatic rings. The predicted octanol–water partition coefficient (Wildman–Crippen LogP) is 4.12. The summed E-state index contributed by atoms with van der Waals surface area (Å²) in [7, 11) is 0. The van der Waals surface area contributed by atoms with Crippen molar-refractivity contribution in [2.24, 2.45) is 0 Å². The van der Waals surface area contributed by atoms with Crippen LogP contribution in [0.3, 0.4) is 0 Å². The highest BCUT2D eigenvalue weighted by Gasteiger charge is 2.23. The van der Waals surface area contributed by atoms with Gasteiger partial charge in [-0.05, 0) is 0 Å². The topological polar surface area (TPSA) is 17.8 Å². The predicted molar refractivity (Wildman–Crippen MR) is 61.0 cm³/mol. The first-order valence-electron chi connectivity index (χ1n) is 5.01. The molecule has 0 aliphatic carbocycles. The molecule has 1 aromatic heterocycles. The molecule has 1 aromatic carbocycles. The first kappa shape index (κ1) is 14.0. The highest BCUT2D eigenvalue weighted by molar-refractivity contribution is 9.08. The lowest BCUT2D eigenvalue weighted by Crippen LogP contribution is -2.07. The smallest absolute Gasteiger partial charge is 0.229 e. The van der Waals surface area contributed by atoms with E-state index in [4.69, 9.17) is 0 Å². The number of alkyl halides is 3. The molecule has 0 unspecified atom stereocenters. The average Bonchev–Trinajstić information content (AvgIpc) is 2.77. The molecule has 102 valence electrons. The molecule has 0 aliphatic heterocycles. The molecule has 8 heteroatoms. The van der Waals surface area contributed by atoms with Gasteiger partial charge in [0.05, 0.1) is 6.20 Å². The third kappa shape index (κ3) is 2.49. The quantitative estimate of drug-likeness (QED) is 0.467. The summed E-state index contributed by atoms with van der Waals surface area (Å²) >= 11 is 2.99. The molecule has 0 amide bonds. The van der Waals surface area contributed by atoms with Gasteiger partial charge in [-0.2, -0.15) is 5.10 Å². The molecular formula is C11H6BrF5N2. The minimum Gasteiger partial charge on any atom is -0.229 e. The summed E-state index contributed by atoms with van der Waals surface area (Å²) in [5.41, 5.74) is -0.998. The van der Waals surface area contributed by atoms with Gasteiger partial charge in [0, 0.05) is 23.0 Å². The third-order valence-electron chi connectivity index (χ3n) is 2.45. The monoisotopic (exact) mass is 340 g/mol. The van der Waals surface area contributed by atoms with Crippen LogP contribution in [0.2, 0.25) is 0 Å². The van der Waals surface area contributed by atoms with E-state index in [0.29, 0.717) is 10.7 Å². The van der Waals surface area contributed by atoms with Crippen molar-refractivity contribution in [3.8, 4) is 5.69 Å². The van der Waals surface area contributed by atoms with Gasteiger partial charge in [0.25, 0.3) is 6.43 Å². The van der Waals surface area contributed by atoms with Crippen LogP contribution in [0.5, 0.6) is 0 Å². The Kier molecular flexibility index (Phi) is 3.88. The number of aromatic nitrogens is 2. The van der Waals surface area contributed by atoms with Gasteiger partial charge in [0.2, 0.25) is 0 Å². The van der Waals surface area contributed by atoms with Gasteiger partial charge in [-0.15, -0.1) is 0 Å². The lowest BCUT2D eigenvalue weighted by Gasteiger charge is -2.09. The van der Waals surface area contributed by atoms with E-state index in [1.807, 2.05) is 0 Å². The molecule has 0 atom stereocenters. The molecule has 0 aliphatic rings. The molecule has 0 spiro atoms. The summed E-state index contributed by atoms with van der Waals surface area (Å²) in [4.78, 5) is 0. The van der Waals surface area contributed by atoms with Gasteiger partial charge in [0.1, 0.15) is 11.4 Å². The Labute approximate surface area is 113 Å². The highest BCUT2D eigenvalue weighted by atomic mass is 79.9. The van der Waals surface area contributed by atoms with Gasteiger partial charge < -0.3 is 0 Å². The molecule has 2 rings (SSSR count). The van der Waals surface area contributed by atoms with Crippen LogP contribution in [-0.2, 0) is 5.33 Å². The molecular weight excluding hydrogens is 335 g/mol. The zero-order valence-corrected chi connectivity index (χ0v) is 10.8. The Balaban J connectivity index is 2.65. The van der Waals surface area contributed by atoms with Gasteiger partial charge in [0.15, 0.2) is 17.5 Å². The van der Waals surface area contributed by atoms with Gasteiger partial charge in [-0.25, -0.2) is 26.6 Å². The lowest BCUT2D eigenvalue weighted by molar-refractivity contribution is 0.142. The summed E-state index contributed by atoms with van der Waals surface area (Å²) in [5.74, 6) is -3.91. The van der Waals surface area contributed by atoms with Crippen molar-refractivity contribution in [2.45, 2.75) is 11.8 Å². The normalized spacial score (nSPS) is 11.3. The van der Waals surface area contributed by atoms with Crippen LogP contribution >= 0.6 is 15.9 Å². The standard InChI is InChI=1S/C11H6BrF5N2/c12-3-5-4-18-19(10(5)11(16)17)9-2-7(14)6(13)1-8(9)15/h1-2,4,11H,3H2. The minimum absolute atomic E-state index is 0.0813. The van der Waals surface area contributed by atoms with E-state index >= 15 is 0 Å². The number of hydrogen-bond acceptors (Lipinski definition) is 1. The van der Waals surface area contributed by atoms with Gasteiger partial charge in [-0.1, -0.05) is 15.9 Å². The summed E-state index contributed by atoms with van der Waals surface area (Å²) in [6, 6.07) is 0.775. The number of benzene rings is 1. The highest BCUT2D eigenvalue weighted by Crippen LogP contribution is 2.28. The van der Waals surface area contributed by atoms with E-state index in [0.717, 1.165) is 6.20 Å². The van der Waals surface area contributed by atoms with Crippen LogP contribution in [-0.4, -0.2) is 9.78 Å². The minimum atomic E-state index is -2.93. The fourth-order valence-corrected chi connectivity index (χ4v) is 2.03. The number of halogens is 6. The van der Waals surface area contributed by atoms with E-state index < -0.39 is 35.3 Å². The fourth-order valence-electron chi connectivity index (χ4n) is 1.59. The van der Waals surface area contributed by atoms with Crippen molar-refractivity contribution >= 4 is 15.9 Å². The first-order chi connectivity index (χ1) is 8.95. The van der Waals surface area contributed by atoms with Crippen molar-refractivity contribution in [3.05, 3.63) is 47.0 Å². The molecule has 0 radical (unpaired) electrons. The molecule has 2 nitrogen and oxygen atoms in total. The fraction of sp³-hybridized carbons (Fsp3) is 0.182. The number of rotatable bonds is 3. The number of hydrogen-bond donors (Lipinski definition) is 0. The van der Waals surface area contributed by atoms with E-state index in [9.17, 15) is 22.0 Å². The van der Waals surface area contributed by atoms with Crippen molar-refractivity contribution in [1.29, 1.82) is 0 Å². The Morgan fingerprint density at radius 3 is 2.32 bits per heavy atom. The first-order valence-corrected chi connectivity index (χ1v) is 6.13. The van der Waals surface area contributed by atoms with Crippen LogP contribution < -0.4 is 0 Å². The number of nitrogens with zero attached hydrogens (tertiary/aromatic N) is 2. The summed E-state index contributed by atoms with van der Waals surface area (Å²) in [6.45, 7) is 0. The van der Waals surface area contributed by atoms with Gasteiger partial charge in [-0.3, -0.25) is 0 Å². The Bertz CT molecular complexity index is 611. The van der Waals surface area contributed by atoms with Gasteiger partial charge >= 0.3 is 0 Å². The maximum Gasteiger partial charge on any atom is 0.280 e. The Morgan fingerprint density at radius 1 is 1.11 bits per heavy atom. The van der Waals surface area contributed by atoms with Crippen LogP contribution in [0.1, 0.15) is 17.7 Å². The van der Waals surface area contributed by atoms with Crippen LogP contribution in [0.25, 0.3) is 5.69 Å². The molecule has 19 heavy (non-hydrogen) atoms. The van der Waals surface area contributed by atoms with E-state index in [1.54, 1.807) is 0 Å². The average molecular weight is 341 g/mol. The van der Waals surface area contributed by atoms with Crippen molar-refractivity contribution in [3.63, 3.8) is 0 Å². The summed E-state index contributed by atoms with van der Waals surface area (Å²) in [6.07, 6.45) is -1.82. The maximum absolute atomic E-state index is 13.5.